The number of carbonyl (C=O) groups is 1. The summed E-state index contributed by atoms with van der Waals surface area (Å²) >= 11 is 12.8. The highest BCUT2D eigenvalue weighted by atomic mass is 35.5. The lowest BCUT2D eigenvalue weighted by molar-refractivity contribution is -0.114. The fourth-order valence-electron chi connectivity index (χ4n) is 2.79. The van der Waals surface area contributed by atoms with Crippen LogP contribution in [0, 0.1) is 5.92 Å². The molecule has 150 valence electrons. The van der Waals surface area contributed by atoms with Crippen LogP contribution < -0.4 is 10.1 Å². The number of nitrogens with one attached hydrogen (secondary N) is 1. The van der Waals surface area contributed by atoms with Gasteiger partial charge in [0.1, 0.15) is 13.7 Å². The number of carbonyl (C=O) groups excluding carboxylic acids is 1. The van der Waals surface area contributed by atoms with Gasteiger partial charge < -0.3 is 14.9 Å². The third kappa shape index (κ3) is 5.63. The Kier molecular flexibility index (Phi) is 8.15. The number of ether oxygens (including phenoxy) is 1. The second-order valence-electron chi connectivity index (χ2n) is 6.63. The summed E-state index contributed by atoms with van der Waals surface area (Å²) in [6.07, 6.45) is 0.880. The van der Waals surface area contributed by atoms with Crippen LogP contribution >= 0.6 is 23.2 Å². The van der Waals surface area contributed by atoms with E-state index in [1.807, 2.05) is 30.3 Å². The molecule has 28 heavy (non-hydrogen) atoms. The average molecular weight is 423 g/mol. The Morgan fingerprint density at radius 2 is 1.82 bits per heavy atom. The minimum atomic E-state index is -0.358. The van der Waals surface area contributed by atoms with Gasteiger partial charge in [0, 0.05) is 12.6 Å². The molecule has 0 radical (unpaired) electrons. The summed E-state index contributed by atoms with van der Waals surface area (Å²) in [7, 11) is 2.92. The van der Waals surface area contributed by atoms with Crippen LogP contribution in [0.5, 0.6) is 5.75 Å². The SMILES string of the molecule is CNC(=O)C(=NOC)c1ccccc1COc1c(Cl)cc(CC(C)C)cc1Cl. The van der Waals surface area contributed by atoms with Gasteiger partial charge in [0.2, 0.25) is 0 Å². The van der Waals surface area contributed by atoms with Crippen molar-refractivity contribution in [2.45, 2.75) is 26.9 Å². The maximum atomic E-state index is 12.2. The van der Waals surface area contributed by atoms with E-state index < -0.39 is 0 Å². The van der Waals surface area contributed by atoms with E-state index in [0.717, 1.165) is 17.5 Å². The summed E-state index contributed by atoms with van der Waals surface area (Å²) in [5.74, 6) is 0.549. The van der Waals surface area contributed by atoms with Crippen LogP contribution in [0.3, 0.4) is 0 Å². The molecule has 2 rings (SSSR count). The number of benzene rings is 2. The number of rotatable bonds is 8. The number of likely N-dealkylation sites (N-methyl/N-ethyl adjacent to an activating group) is 1. The van der Waals surface area contributed by atoms with E-state index in [1.54, 1.807) is 6.07 Å². The van der Waals surface area contributed by atoms with Gasteiger partial charge in [0.15, 0.2) is 11.5 Å². The van der Waals surface area contributed by atoms with Crippen molar-refractivity contribution < 1.29 is 14.4 Å². The molecule has 0 heterocycles. The fourth-order valence-corrected chi connectivity index (χ4v) is 3.43. The normalized spacial score (nSPS) is 11.5. The molecular weight excluding hydrogens is 399 g/mol. The van der Waals surface area contributed by atoms with E-state index in [4.69, 9.17) is 32.8 Å². The molecule has 0 aliphatic carbocycles. The highest BCUT2D eigenvalue weighted by Crippen LogP contribution is 2.35. The third-order valence-electron chi connectivity index (χ3n) is 3.97. The Labute approximate surface area is 175 Å². The zero-order valence-electron chi connectivity index (χ0n) is 16.4. The van der Waals surface area contributed by atoms with Crippen molar-refractivity contribution in [1.82, 2.24) is 5.32 Å². The van der Waals surface area contributed by atoms with Crippen LogP contribution in [0.1, 0.15) is 30.5 Å². The topological polar surface area (TPSA) is 59.9 Å². The molecular formula is C21H24Cl2N2O3. The lowest BCUT2D eigenvalue weighted by atomic mass is 10.0. The number of halogens is 2. The maximum absolute atomic E-state index is 12.2. The highest BCUT2D eigenvalue weighted by molar-refractivity contribution is 6.45. The highest BCUT2D eigenvalue weighted by Gasteiger charge is 2.18. The number of hydrogen-bond acceptors (Lipinski definition) is 4. The summed E-state index contributed by atoms with van der Waals surface area (Å²) in [5.41, 5.74) is 2.58. The van der Waals surface area contributed by atoms with Gasteiger partial charge in [-0.1, -0.05) is 66.5 Å². The van der Waals surface area contributed by atoms with Crippen molar-refractivity contribution in [3.63, 3.8) is 0 Å². The van der Waals surface area contributed by atoms with Crippen LogP contribution in [0.25, 0.3) is 0 Å². The molecule has 0 saturated carbocycles. The molecule has 2 aromatic rings. The minimum absolute atomic E-state index is 0.161. The second kappa shape index (κ2) is 10.3. The molecule has 0 aliphatic rings. The maximum Gasteiger partial charge on any atom is 0.273 e. The summed E-state index contributed by atoms with van der Waals surface area (Å²) in [4.78, 5) is 17.0. The average Bonchev–Trinajstić information content (AvgIpc) is 2.65. The number of oxime groups is 1. The van der Waals surface area contributed by atoms with Gasteiger partial charge >= 0.3 is 0 Å². The first-order valence-corrected chi connectivity index (χ1v) is 9.65. The first kappa shape index (κ1) is 22.1. The van der Waals surface area contributed by atoms with Crippen molar-refractivity contribution in [2.24, 2.45) is 11.1 Å². The first-order valence-electron chi connectivity index (χ1n) is 8.89. The van der Waals surface area contributed by atoms with Crippen LogP contribution in [0.2, 0.25) is 10.0 Å². The van der Waals surface area contributed by atoms with E-state index in [2.05, 4.69) is 24.3 Å². The predicted octanol–water partition coefficient (Wildman–Crippen LogP) is 4.87. The molecule has 0 unspecified atom stereocenters. The zero-order chi connectivity index (χ0) is 20.7. The number of nitrogens with zero attached hydrogens (tertiary/aromatic N) is 1. The third-order valence-corrected chi connectivity index (χ3v) is 4.53. The van der Waals surface area contributed by atoms with E-state index in [1.165, 1.54) is 14.2 Å². The second-order valence-corrected chi connectivity index (χ2v) is 7.45. The molecule has 0 fully saturated rings. The van der Waals surface area contributed by atoms with E-state index in [-0.39, 0.29) is 18.2 Å². The zero-order valence-corrected chi connectivity index (χ0v) is 17.9. The lowest BCUT2D eigenvalue weighted by Gasteiger charge is -2.15. The summed E-state index contributed by atoms with van der Waals surface area (Å²) < 4.78 is 5.90. The molecule has 0 atom stereocenters. The summed E-state index contributed by atoms with van der Waals surface area (Å²) in [6, 6.07) is 11.0. The van der Waals surface area contributed by atoms with Gasteiger partial charge in [-0.2, -0.15) is 0 Å². The minimum Gasteiger partial charge on any atom is -0.486 e. The van der Waals surface area contributed by atoms with Crippen molar-refractivity contribution >= 4 is 34.8 Å². The molecule has 0 spiro atoms. The van der Waals surface area contributed by atoms with E-state index in [0.29, 0.717) is 27.3 Å². The predicted molar refractivity (Wildman–Crippen MR) is 113 cm³/mol. The first-order chi connectivity index (χ1) is 13.4. The molecule has 0 aliphatic heterocycles. The van der Waals surface area contributed by atoms with Crippen molar-refractivity contribution in [1.29, 1.82) is 0 Å². The molecule has 1 N–H and O–H groups in total. The number of amides is 1. The van der Waals surface area contributed by atoms with Gasteiger partial charge in [0.25, 0.3) is 5.91 Å². The quantitative estimate of drug-likeness (QED) is 0.487. The smallest absolute Gasteiger partial charge is 0.273 e. The summed E-state index contributed by atoms with van der Waals surface area (Å²) in [6.45, 7) is 4.43. The molecule has 7 heteroatoms. The van der Waals surface area contributed by atoms with Crippen LogP contribution in [0.4, 0.5) is 0 Å². The Bertz CT molecular complexity index is 843. The lowest BCUT2D eigenvalue weighted by Crippen LogP contribution is -2.29. The van der Waals surface area contributed by atoms with Crippen molar-refractivity contribution in [3.8, 4) is 5.75 Å². The molecule has 5 nitrogen and oxygen atoms in total. The Morgan fingerprint density at radius 1 is 1.18 bits per heavy atom. The van der Waals surface area contributed by atoms with Crippen LogP contribution in [-0.2, 0) is 22.7 Å². The Hall–Kier alpha value is -2.24. The summed E-state index contributed by atoms with van der Waals surface area (Å²) in [5, 5.41) is 7.32. The molecule has 2 aromatic carbocycles. The van der Waals surface area contributed by atoms with Crippen LogP contribution in [-0.4, -0.2) is 25.8 Å². The monoisotopic (exact) mass is 422 g/mol. The van der Waals surface area contributed by atoms with Crippen molar-refractivity contribution in [2.75, 3.05) is 14.2 Å². The largest absolute Gasteiger partial charge is 0.486 e. The van der Waals surface area contributed by atoms with E-state index >= 15 is 0 Å². The Balaban J connectivity index is 2.29. The fraction of sp³-hybridized carbons (Fsp3) is 0.333. The molecule has 1 amide bonds. The molecule has 0 bridgehead atoms. The standard InChI is InChI=1S/C21H24Cl2N2O3/c1-13(2)9-14-10-17(22)20(18(23)11-14)28-12-15-7-5-6-8-16(15)19(25-27-4)21(26)24-3/h5-8,10-11,13H,9,12H2,1-4H3,(H,24,26). The van der Waals surface area contributed by atoms with Gasteiger partial charge in [0.05, 0.1) is 10.0 Å². The van der Waals surface area contributed by atoms with Gasteiger partial charge in [-0.15, -0.1) is 0 Å². The Morgan fingerprint density at radius 3 is 2.39 bits per heavy atom. The molecule has 0 saturated heterocycles. The van der Waals surface area contributed by atoms with Crippen LogP contribution in [0.15, 0.2) is 41.6 Å². The molecule has 0 aromatic heterocycles. The van der Waals surface area contributed by atoms with Gasteiger partial charge in [-0.05, 0) is 35.6 Å². The number of hydrogen-bond donors (Lipinski definition) is 1. The van der Waals surface area contributed by atoms with Gasteiger partial charge in [-0.25, -0.2) is 0 Å². The van der Waals surface area contributed by atoms with E-state index in [9.17, 15) is 4.79 Å². The van der Waals surface area contributed by atoms with Gasteiger partial charge in [-0.3, -0.25) is 4.79 Å². The van der Waals surface area contributed by atoms with Crippen molar-refractivity contribution in [3.05, 3.63) is 63.1 Å².